The Kier molecular flexibility index (Phi) is 7.66. The van der Waals surface area contributed by atoms with E-state index in [0.717, 1.165) is 25.0 Å². The molecular formula is C15H30N2O3S. The van der Waals surface area contributed by atoms with Crippen LogP contribution in [0.3, 0.4) is 0 Å². The van der Waals surface area contributed by atoms with Gasteiger partial charge in [0.2, 0.25) is 5.91 Å². The van der Waals surface area contributed by atoms with E-state index < -0.39 is 15.9 Å². The van der Waals surface area contributed by atoms with Gasteiger partial charge in [-0.2, -0.15) is 0 Å². The van der Waals surface area contributed by atoms with Crippen LogP contribution >= 0.6 is 0 Å². The van der Waals surface area contributed by atoms with Crippen LogP contribution in [-0.4, -0.2) is 38.4 Å². The zero-order chi connectivity index (χ0) is 15.9. The van der Waals surface area contributed by atoms with Crippen LogP contribution in [0.5, 0.6) is 0 Å². The fraction of sp³-hybridized carbons (Fsp3) is 0.933. The maximum Gasteiger partial charge on any atom is 0.237 e. The van der Waals surface area contributed by atoms with Gasteiger partial charge in [-0.25, -0.2) is 8.42 Å². The van der Waals surface area contributed by atoms with Gasteiger partial charge in [-0.3, -0.25) is 4.79 Å². The zero-order valence-electron chi connectivity index (χ0n) is 13.3. The fourth-order valence-corrected chi connectivity index (χ4v) is 3.54. The third kappa shape index (κ3) is 8.41. The molecule has 0 bridgehead atoms. The number of rotatable bonds is 8. The molecule has 0 saturated heterocycles. The highest BCUT2D eigenvalue weighted by Gasteiger charge is 2.19. The molecule has 1 aliphatic carbocycles. The molecule has 1 saturated carbocycles. The van der Waals surface area contributed by atoms with Gasteiger partial charge in [0.25, 0.3) is 0 Å². The van der Waals surface area contributed by atoms with Gasteiger partial charge in [-0.05, 0) is 32.1 Å². The maximum absolute atomic E-state index is 11.9. The summed E-state index contributed by atoms with van der Waals surface area (Å²) in [5, 5.41) is 2.90. The molecule has 2 unspecified atom stereocenters. The normalized spacial score (nSPS) is 20.0. The second-order valence-electron chi connectivity index (χ2n) is 6.52. The number of hydrogen-bond acceptors (Lipinski definition) is 4. The number of nitrogens with one attached hydrogen (secondary N) is 1. The molecule has 21 heavy (non-hydrogen) atoms. The summed E-state index contributed by atoms with van der Waals surface area (Å²) in [6.07, 6.45) is 10.1. The Morgan fingerprint density at radius 1 is 1.24 bits per heavy atom. The third-order valence-corrected chi connectivity index (χ3v) is 5.24. The Morgan fingerprint density at radius 2 is 1.86 bits per heavy atom. The average molecular weight is 318 g/mol. The van der Waals surface area contributed by atoms with E-state index in [1.807, 2.05) is 6.92 Å². The minimum Gasteiger partial charge on any atom is -0.352 e. The van der Waals surface area contributed by atoms with E-state index in [-0.39, 0.29) is 24.1 Å². The first-order valence-corrected chi connectivity index (χ1v) is 10.1. The molecule has 3 N–H and O–H groups in total. The average Bonchev–Trinajstić information content (AvgIpc) is 2.42. The van der Waals surface area contributed by atoms with Gasteiger partial charge < -0.3 is 11.1 Å². The predicted molar refractivity (Wildman–Crippen MR) is 85.7 cm³/mol. The summed E-state index contributed by atoms with van der Waals surface area (Å²) in [4.78, 5) is 11.9. The van der Waals surface area contributed by atoms with Gasteiger partial charge >= 0.3 is 0 Å². The van der Waals surface area contributed by atoms with E-state index in [9.17, 15) is 13.2 Å². The highest BCUT2D eigenvalue weighted by molar-refractivity contribution is 7.90. The van der Waals surface area contributed by atoms with E-state index >= 15 is 0 Å². The van der Waals surface area contributed by atoms with E-state index in [1.54, 1.807) is 0 Å². The van der Waals surface area contributed by atoms with Crippen LogP contribution in [0.4, 0.5) is 0 Å². The third-order valence-electron chi connectivity index (χ3n) is 4.26. The molecule has 1 amide bonds. The number of carbonyl (C=O) groups is 1. The summed E-state index contributed by atoms with van der Waals surface area (Å²) < 4.78 is 22.1. The van der Waals surface area contributed by atoms with Crippen molar-refractivity contribution in [2.45, 2.75) is 70.4 Å². The van der Waals surface area contributed by atoms with E-state index in [4.69, 9.17) is 5.73 Å². The van der Waals surface area contributed by atoms with Gasteiger partial charge in [0.15, 0.2) is 0 Å². The zero-order valence-corrected chi connectivity index (χ0v) is 14.1. The summed E-state index contributed by atoms with van der Waals surface area (Å²) in [7, 11) is -3.07. The second-order valence-corrected chi connectivity index (χ2v) is 8.78. The number of carbonyl (C=O) groups excluding carboxylic acids is 1. The first kappa shape index (κ1) is 18.4. The van der Waals surface area contributed by atoms with Crippen molar-refractivity contribution in [3.8, 4) is 0 Å². The van der Waals surface area contributed by atoms with Crippen LogP contribution < -0.4 is 11.1 Å². The topological polar surface area (TPSA) is 89.3 Å². The fourth-order valence-electron chi connectivity index (χ4n) is 2.86. The molecular weight excluding hydrogens is 288 g/mol. The molecule has 0 heterocycles. The van der Waals surface area contributed by atoms with Gasteiger partial charge in [-0.1, -0.05) is 32.1 Å². The Hall–Kier alpha value is -0.620. The minimum atomic E-state index is -3.07. The van der Waals surface area contributed by atoms with Crippen LogP contribution in [-0.2, 0) is 14.6 Å². The van der Waals surface area contributed by atoms with E-state index in [0.29, 0.717) is 0 Å². The summed E-state index contributed by atoms with van der Waals surface area (Å²) in [6.45, 7) is 1.99. The van der Waals surface area contributed by atoms with Crippen molar-refractivity contribution in [2.75, 3.05) is 12.0 Å². The van der Waals surface area contributed by atoms with Crippen LogP contribution in [0, 0.1) is 5.92 Å². The van der Waals surface area contributed by atoms with Crippen LogP contribution in [0.1, 0.15) is 58.3 Å². The van der Waals surface area contributed by atoms with E-state index in [1.165, 1.54) is 32.1 Å². The van der Waals surface area contributed by atoms with Crippen molar-refractivity contribution in [2.24, 2.45) is 11.7 Å². The number of sulfone groups is 1. The molecule has 0 aromatic rings. The lowest BCUT2D eigenvalue weighted by molar-refractivity contribution is -0.123. The van der Waals surface area contributed by atoms with Crippen molar-refractivity contribution in [1.29, 1.82) is 0 Å². The smallest absolute Gasteiger partial charge is 0.237 e. The highest BCUT2D eigenvalue weighted by Crippen LogP contribution is 2.27. The lowest BCUT2D eigenvalue weighted by Crippen LogP contribution is -2.45. The van der Waals surface area contributed by atoms with Crippen LogP contribution in [0.25, 0.3) is 0 Å². The molecule has 1 fully saturated rings. The molecule has 1 rings (SSSR count). The second kappa shape index (κ2) is 8.73. The van der Waals surface area contributed by atoms with Crippen molar-refractivity contribution in [1.82, 2.24) is 5.32 Å². The van der Waals surface area contributed by atoms with Gasteiger partial charge in [0.05, 0.1) is 11.8 Å². The first-order chi connectivity index (χ1) is 9.78. The van der Waals surface area contributed by atoms with Gasteiger partial charge in [-0.15, -0.1) is 0 Å². The molecule has 124 valence electrons. The van der Waals surface area contributed by atoms with Crippen molar-refractivity contribution < 1.29 is 13.2 Å². The van der Waals surface area contributed by atoms with Gasteiger partial charge in [0, 0.05) is 12.3 Å². The maximum atomic E-state index is 11.9. The number of amides is 1. The standard InChI is InChI=1S/C15H30N2O3S/c1-12(8-9-13-6-4-3-5-7-13)17-15(18)14(16)10-11-21(2,19)20/h12-14H,3-11,16H2,1-2H3,(H,17,18). The Bertz CT molecular complexity index is 417. The summed E-state index contributed by atoms with van der Waals surface area (Å²) in [5.41, 5.74) is 5.74. The lowest BCUT2D eigenvalue weighted by atomic mass is 9.85. The lowest BCUT2D eigenvalue weighted by Gasteiger charge is -2.24. The molecule has 2 atom stereocenters. The molecule has 5 nitrogen and oxygen atoms in total. The minimum absolute atomic E-state index is 0.0436. The Morgan fingerprint density at radius 3 is 2.43 bits per heavy atom. The summed E-state index contributed by atoms with van der Waals surface area (Å²) in [5.74, 6) is 0.518. The van der Waals surface area contributed by atoms with Gasteiger partial charge in [0.1, 0.15) is 9.84 Å². The largest absolute Gasteiger partial charge is 0.352 e. The molecule has 6 heteroatoms. The molecule has 0 spiro atoms. The van der Waals surface area contributed by atoms with E-state index in [2.05, 4.69) is 5.32 Å². The Balaban J connectivity index is 2.22. The number of nitrogens with two attached hydrogens (primary N) is 1. The van der Waals surface area contributed by atoms with Crippen molar-refractivity contribution in [3.05, 3.63) is 0 Å². The summed E-state index contributed by atoms with van der Waals surface area (Å²) in [6, 6.07) is -0.638. The first-order valence-electron chi connectivity index (χ1n) is 8.01. The predicted octanol–water partition coefficient (Wildman–Crippen LogP) is 1.61. The monoisotopic (exact) mass is 318 g/mol. The van der Waals surface area contributed by atoms with Crippen molar-refractivity contribution >= 4 is 15.7 Å². The molecule has 0 aromatic heterocycles. The SMILES string of the molecule is CC(CCC1CCCCC1)NC(=O)C(N)CCS(C)(=O)=O. The Labute approximate surface area is 129 Å². The summed E-state index contributed by atoms with van der Waals surface area (Å²) >= 11 is 0. The van der Waals surface area contributed by atoms with Crippen molar-refractivity contribution in [3.63, 3.8) is 0 Å². The molecule has 0 aromatic carbocycles. The molecule has 0 radical (unpaired) electrons. The molecule has 1 aliphatic rings. The van der Waals surface area contributed by atoms with Crippen LogP contribution in [0.15, 0.2) is 0 Å². The quantitative estimate of drug-likeness (QED) is 0.711. The van der Waals surface area contributed by atoms with Crippen LogP contribution in [0.2, 0.25) is 0 Å². The number of hydrogen-bond donors (Lipinski definition) is 2. The molecule has 0 aliphatic heterocycles. The highest BCUT2D eigenvalue weighted by atomic mass is 32.2.